The van der Waals surface area contributed by atoms with Crippen LogP contribution in [0.1, 0.15) is 40.4 Å². The van der Waals surface area contributed by atoms with E-state index in [2.05, 4.69) is 22.3 Å². The number of amides is 2. The van der Waals surface area contributed by atoms with Crippen molar-refractivity contribution < 1.29 is 14.3 Å². The lowest BCUT2D eigenvalue weighted by atomic mass is 9.87. The van der Waals surface area contributed by atoms with Crippen molar-refractivity contribution in [3.8, 4) is 0 Å². The van der Waals surface area contributed by atoms with Gasteiger partial charge in [-0.3, -0.25) is 9.59 Å². The van der Waals surface area contributed by atoms with Crippen LogP contribution in [0.15, 0.2) is 30.3 Å². The molecular weight excluding hydrogens is 410 g/mol. The van der Waals surface area contributed by atoms with Gasteiger partial charge in [-0.25, -0.2) is 0 Å². The van der Waals surface area contributed by atoms with E-state index < -0.39 is 0 Å². The van der Waals surface area contributed by atoms with Gasteiger partial charge in [0.05, 0.1) is 18.1 Å². The molecule has 1 aliphatic carbocycles. The number of anilines is 2. The van der Waals surface area contributed by atoms with Crippen molar-refractivity contribution in [2.75, 3.05) is 49.6 Å². The number of nitrogens with one attached hydrogen (secondary N) is 1. The summed E-state index contributed by atoms with van der Waals surface area (Å²) >= 11 is 1.60. The highest BCUT2D eigenvalue weighted by molar-refractivity contribution is 7.14. The Hall–Kier alpha value is -2.38. The van der Waals surface area contributed by atoms with Crippen molar-refractivity contribution in [2.24, 2.45) is 5.92 Å². The monoisotopic (exact) mass is 441 g/mol. The highest BCUT2D eigenvalue weighted by Crippen LogP contribution is 2.33. The average molecular weight is 442 g/mol. The molecule has 0 bridgehead atoms. The molecule has 2 aromatic rings. The minimum Gasteiger partial charge on any atom is -0.378 e. The summed E-state index contributed by atoms with van der Waals surface area (Å²) in [6.07, 6.45) is 2.39. The molecule has 7 heteroatoms. The fourth-order valence-electron chi connectivity index (χ4n) is 4.34. The molecule has 1 fully saturated rings. The maximum absolute atomic E-state index is 12.9. The van der Waals surface area contributed by atoms with Crippen molar-refractivity contribution in [2.45, 2.75) is 33.1 Å². The average Bonchev–Trinajstić information content (AvgIpc) is 3.24. The number of morpholine rings is 1. The van der Waals surface area contributed by atoms with Crippen molar-refractivity contribution in [1.82, 2.24) is 4.90 Å². The van der Waals surface area contributed by atoms with Crippen LogP contribution in [0.25, 0.3) is 0 Å². The molecule has 1 saturated heterocycles. The van der Waals surface area contributed by atoms with Crippen molar-refractivity contribution in [3.05, 3.63) is 45.6 Å². The standard InChI is InChI=1S/C24H31N3O3S/c1-3-26(4-2)24(29)22-16-18-15-17(5-10-21(18)31-22)23(28)25-19-6-8-20(9-7-19)27-11-13-30-14-12-27/h6-9,16-17H,3-5,10-15H2,1-2H3,(H,25,28). The Morgan fingerprint density at radius 3 is 2.55 bits per heavy atom. The van der Waals surface area contributed by atoms with Crippen LogP contribution < -0.4 is 10.2 Å². The third-order valence-corrected chi connectivity index (χ3v) is 7.45. The lowest BCUT2D eigenvalue weighted by Crippen LogP contribution is -2.36. The lowest BCUT2D eigenvalue weighted by Gasteiger charge is -2.29. The van der Waals surface area contributed by atoms with Gasteiger partial charge in [-0.1, -0.05) is 0 Å². The Labute approximate surface area is 188 Å². The van der Waals surface area contributed by atoms with Crippen LogP contribution in [0.5, 0.6) is 0 Å². The number of fused-ring (bicyclic) bond motifs is 1. The summed E-state index contributed by atoms with van der Waals surface area (Å²) in [4.78, 5) is 31.8. The quantitative estimate of drug-likeness (QED) is 0.741. The van der Waals surface area contributed by atoms with Crippen LogP contribution >= 0.6 is 11.3 Å². The molecule has 166 valence electrons. The van der Waals surface area contributed by atoms with Crippen LogP contribution in [-0.2, 0) is 22.4 Å². The first kappa shape index (κ1) is 21.8. The zero-order valence-electron chi connectivity index (χ0n) is 18.4. The zero-order valence-corrected chi connectivity index (χ0v) is 19.2. The van der Waals surface area contributed by atoms with Gasteiger partial charge in [0, 0.05) is 48.3 Å². The van der Waals surface area contributed by atoms with E-state index in [1.165, 1.54) is 4.88 Å². The summed E-state index contributed by atoms with van der Waals surface area (Å²) in [5, 5.41) is 3.08. The Morgan fingerprint density at radius 1 is 1.16 bits per heavy atom. The predicted octanol–water partition coefficient (Wildman–Crippen LogP) is 3.81. The zero-order chi connectivity index (χ0) is 21.8. The third-order valence-electron chi connectivity index (χ3n) is 6.23. The number of rotatable bonds is 6. The third kappa shape index (κ3) is 4.93. The second kappa shape index (κ2) is 9.83. The minimum atomic E-state index is -0.0579. The number of hydrogen-bond donors (Lipinski definition) is 1. The highest BCUT2D eigenvalue weighted by atomic mass is 32.1. The predicted molar refractivity (Wildman–Crippen MR) is 125 cm³/mol. The Balaban J connectivity index is 1.37. The van der Waals surface area contributed by atoms with E-state index in [0.29, 0.717) is 19.5 Å². The van der Waals surface area contributed by atoms with Crippen LogP contribution in [-0.4, -0.2) is 56.1 Å². The van der Waals surface area contributed by atoms with Crippen LogP contribution in [0, 0.1) is 5.92 Å². The first-order valence-corrected chi connectivity index (χ1v) is 12.0. The van der Waals surface area contributed by atoms with Gasteiger partial charge in [0.2, 0.25) is 5.91 Å². The van der Waals surface area contributed by atoms with E-state index in [1.54, 1.807) is 11.3 Å². The highest BCUT2D eigenvalue weighted by Gasteiger charge is 2.28. The van der Waals surface area contributed by atoms with E-state index >= 15 is 0 Å². The van der Waals surface area contributed by atoms with Gasteiger partial charge in [0.15, 0.2) is 0 Å². The number of thiophene rings is 1. The molecule has 4 rings (SSSR count). The molecule has 2 heterocycles. The maximum atomic E-state index is 12.9. The second-order valence-electron chi connectivity index (χ2n) is 8.11. The van der Waals surface area contributed by atoms with Crippen molar-refractivity contribution in [3.63, 3.8) is 0 Å². The number of aryl methyl sites for hydroxylation is 1. The molecule has 0 radical (unpaired) electrons. The fraction of sp³-hybridized carbons (Fsp3) is 0.500. The Bertz CT molecular complexity index is 915. The molecule has 1 aromatic carbocycles. The molecule has 1 aromatic heterocycles. The summed E-state index contributed by atoms with van der Waals surface area (Å²) in [5.74, 6) is 0.107. The molecular formula is C24H31N3O3S. The number of hydrogen-bond acceptors (Lipinski definition) is 5. The molecule has 2 aliphatic rings. The summed E-state index contributed by atoms with van der Waals surface area (Å²) in [6, 6.07) is 10.1. The topological polar surface area (TPSA) is 61.9 Å². The summed E-state index contributed by atoms with van der Waals surface area (Å²) in [5.41, 5.74) is 3.15. The lowest BCUT2D eigenvalue weighted by molar-refractivity contribution is -0.120. The van der Waals surface area contributed by atoms with E-state index in [-0.39, 0.29) is 17.7 Å². The van der Waals surface area contributed by atoms with Gasteiger partial charge in [0.25, 0.3) is 5.91 Å². The molecule has 6 nitrogen and oxygen atoms in total. The smallest absolute Gasteiger partial charge is 0.263 e. The summed E-state index contributed by atoms with van der Waals surface area (Å²) in [7, 11) is 0. The summed E-state index contributed by atoms with van der Waals surface area (Å²) < 4.78 is 5.41. The maximum Gasteiger partial charge on any atom is 0.263 e. The summed E-state index contributed by atoms with van der Waals surface area (Å²) in [6.45, 7) is 8.75. The molecule has 1 atom stereocenters. The molecule has 0 spiro atoms. The number of carbonyl (C=O) groups is 2. The molecule has 2 amide bonds. The molecule has 1 N–H and O–H groups in total. The van der Waals surface area contributed by atoms with E-state index in [0.717, 1.165) is 61.0 Å². The van der Waals surface area contributed by atoms with Crippen LogP contribution in [0.4, 0.5) is 11.4 Å². The van der Waals surface area contributed by atoms with Crippen LogP contribution in [0.3, 0.4) is 0 Å². The SMILES string of the molecule is CCN(CC)C(=O)c1cc2c(s1)CCC(C(=O)Nc1ccc(N3CCOCC3)cc1)C2. The Kier molecular flexibility index (Phi) is 6.92. The first-order valence-electron chi connectivity index (χ1n) is 11.2. The molecule has 31 heavy (non-hydrogen) atoms. The molecule has 1 unspecified atom stereocenters. The van der Waals surface area contributed by atoms with Crippen molar-refractivity contribution in [1.29, 1.82) is 0 Å². The van der Waals surface area contributed by atoms with Gasteiger partial charge in [-0.05, 0) is 69.0 Å². The molecule has 1 aliphatic heterocycles. The fourth-order valence-corrected chi connectivity index (χ4v) is 5.52. The second-order valence-corrected chi connectivity index (χ2v) is 9.25. The van der Waals surface area contributed by atoms with Gasteiger partial charge < -0.3 is 19.9 Å². The van der Waals surface area contributed by atoms with E-state index in [1.807, 2.05) is 36.9 Å². The van der Waals surface area contributed by atoms with E-state index in [9.17, 15) is 9.59 Å². The largest absolute Gasteiger partial charge is 0.378 e. The van der Waals surface area contributed by atoms with Crippen molar-refractivity contribution >= 4 is 34.5 Å². The van der Waals surface area contributed by atoms with Gasteiger partial charge >= 0.3 is 0 Å². The van der Waals surface area contributed by atoms with Gasteiger partial charge in [-0.15, -0.1) is 11.3 Å². The van der Waals surface area contributed by atoms with Gasteiger partial charge in [-0.2, -0.15) is 0 Å². The van der Waals surface area contributed by atoms with Gasteiger partial charge in [0.1, 0.15) is 0 Å². The number of nitrogens with zero attached hydrogens (tertiary/aromatic N) is 2. The van der Waals surface area contributed by atoms with E-state index in [4.69, 9.17) is 4.74 Å². The number of ether oxygens (including phenoxy) is 1. The minimum absolute atomic E-state index is 0.0579. The first-order chi connectivity index (χ1) is 15.1. The number of benzene rings is 1. The Morgan fingerprint density at radius 2 is 1.87 bits per heavy atom. The molecule has 0 saturated carbocycles. The normalized spacial score (nSPS) is 18.4. The van der Waals surface area contributed by atoms with Crippen LogP contribution in [0.2, 0.25) is 0 Å². The number of carbonyl (C=O) groups excluding carboxylic acids is 2.